The molecule has 0 unspecified atom stereocenters. The zero-order valence-electron chi connectivity index (χ0n) is 11.3. The highest BCUT2D eigenvalue weighted by Gasteiger charge is 2.25. The van der Waals surface area contributed by atoms with Crippen LogP contribution in [0.3, 0.4) is 0 Å². The van der Waals surface area contributed by atoms with Gasteiger partial charge in [0.25, 0.3) is 0 Å². The number of hydrogen-bond acceptors (Lipinski definition) is 2. The van der Waals surface area contributed by atoms with Crippen LogP contribution in [0.5, 0.6) is 0 Å². The third kappa shape index (κ3) is 2.93. The maximum atomic E-state index is 13.5. The van der Waals surface area contributed by atoms with Crippen LogP contribution >= 0.6 is 0 Å². The average molecular weight is 315 g/mol. The van der Waals surface area contributed by atoms with Gasteiger partial charge in [-0.3, -0.25) is 4.79 Å². The molecule has 0 spiro atoms. The molecule has 2 aromatic carbocycles. The summed E-state index contributed by atoms with van der Waals surface area (Å²) in [5, 5.41) is 2.54. The van der Waals surface area contributed by atoms with Crippen LogP contribution in [-0.2, 0) is 6.54 Å². The van der Waals surface area contributed by atoms with Gasteiger partial charge in [0.15, 0.2) is 29.1 Å². The molecular formula is C15H10F5NO. The molecule has 116 valence electrons. The lowest BCUT2D eigenvalue weighted by atomic mass is 10.1. The topological polar surface area (TPSA) is 29.1 Å². The monoisotopic (exact) mass is 315 g/mol. The molecule has 0 aliphatic carbocycles. The molecule has 0 saturated heterocycles. The smallest absolute Gasteiger partial charge is 0.200 e. The molecule has 0 heterocycles. The molecule has 22 heavy (non-hydrogen) atoms. The highest BCUT2D eigenvalue weighted by Crippen LogP contribution is 2.24. The molecule has 2 aromatic rings. The summed E-state index contributed by atoms with van der Waals surface area (Å²) in [4.78, 5) is 11.1. The summed E-state index contributed by atoms with van der Waals surface area (Å²) in [6.45, 7) is 0.780. The number of halogens is 5. The Kier molecular flexibility index (Phi) is 4.44. The Morgan fingerprint density at radius 3 is 1.77 bits per heavy atom. The highest BCUT2D eigenvalue weighted by atomic mass is 19.2. The van der Waals surface area contributed by atoms with Crippen molar-refractivity contribution in [2.45, 2.75) is 13.5 Å². The first-order valence-corrected chi connectivity index (χ1v) is 6.18. The summed E-state index contributed by atoms with van der Waals surface area (Å²) in [7, 11) is 0. The average Bonchev–Trinajstić information content (AvgIpc) is 2.51. The van der Waals surface area contributed by atoms with Gasteiger partial charge in [0, 0.05) is 23.4 Å². The van der Waals surface area contributed by atoms with E-state index in [1.807, 2.05) is 0 Å². The number of ketones is 1. The molecule has 0 bridgehead atoms. The second kappa shape index (κ2) is 6.13. The van der Waals surface area contributed by atoms with Crippen molar-refractivity contribution in [1.29, 1.82) is 0 Å². The number of carbonyl (C=O) groups is 1. The van der Waals surface area contributed by atoms with Gasteiger partial charge >= 0.3 is 0 Å². The van der Waals surface area contributed by atoms with Crippen molar-refractivity contribution in [3.63, 3.8) is 0 Å². The van der Waals surface area contributed by atoms with Crippen LogP contribution in [0.1, 0.15) is 22.8 Å². The number of Topliss-reactive ketones (excluding diaryl/α,β-unsaturated/α-hetero) is 1. The van der Waals surface area contributed by atoms with Gasteiger partial charge in [-0.25, -0.2) is 22.0 Å². The van der Waals surface area contributed by atoms with E-state index in [-0.39, 0.29) is 5.78 Å². The Morgan fingerprint density at radius 2 is 1.32 bits per heavy atom. The van der Waals surface area contributed by atoms with Crippen molar-refractivity contribution in [3.8, 4) is 0 Å². The standard InChI is InChI=1S/C15H10F5NO/c1-7(22)8-2-4-9(5-3-8)21-6-10-11(16)13(18)15(20)14(19)12(10)17/h2-5,21H,6H2,1H3. The van der Waals surface area contributed by atoms with Crippen LogP contribution in [0.25, 0.3) is 0 Å². The van der Waals surface area contributed by atoms with Crippen LogP contribution in [-0.4, -0.2) is 5.78 Å². The molecule has 0 atom stereocenters. The van der Waals surface area contributed by atoms with Gasteiger partial charge in [-0.05, 0) is 31.2 Å². The first-order valence-electron chi connectivity index (χ1n) is 6.18. The summed E-state index contributed by atoms with van der Waals surface area (Å²) in [6, 6.07) is 5.87. The second-order valence-corrected chi connectivity index (χ2v) is 4.54. The molecule has 0 aromatic heterocycles. The Morgan fingerprint density at radius 1 is 0.864 bits per heavy atom. The molecule has 0 amide bonds. The quantitative estimate of drug-likeness (QED) is 0.396. The molecule has 0 aliphatic rings. The molecule has 2 rings (SSSR count). The molecule has 2 nitrogen and oxygen atoms in total. The summed E-state index contributed by atoms with van der Waals surface area (Å²) in [6.07, 6.45) is 0. The van der Waals surface area contributed by atoms with Crippen LogP contribution in [0.2, 0.25) is 0 Å². The zero-order valence-corrected chi connectivity index (χ0v) is 11.3. The maximum Gasteiger partial charge on any atom is 0.200 e. The van der Waals surface area contributed by atoms with E-state index < -0.39 is 41.2 Å². The van der Waals surface area contributed by atoms with Crippen LogP contribution < -0.4 is 5.32 Å². The number of anilines is 1. The minimum atomic E-state index is -2.19. The van der Waals surface area contributed by atoms with Gasteiger partial charge in [-0.2, -0.15) is 0 Å². The van der Waals surface area contributed by atoms with Crippen LogP contribution in [0, 0.1) is 29.1 Å². The van der Waals surface area contributed by atoms with E-state index in [1.165, 1.54) is 31.2 Å². The summed E-state index contributed by atoms with van der Waals surface area (Å²) < 4.78 is 65.9. The van der Waals surface area contributed by atoms with Crippen LogP contribution in [0.4, 0.5) is 27.6 Å². The lowest BCUT2D eigenvalue weighted by molar-refractivity contribution is 0.101. The molecule has 7 heteroatoms. The first kappa shape index (κ1) is 15.9. The van der Waals surface area contributed by atoms with E-state index in [9.17, 15) is 26.7 Å². The lowest BCUT2D eigenvalue weighted by Gasteiger charge is -2.10. The van der Waals surface area contributed by atoms with Gasteiger partial charge in [0.05, 0.1) is 0 Å². The van der Waals surface area contributed by atoms with Gasteiger partial charge in [-0.15, -0.1) is 0 Å². The number of benzene rings is 2. The third-order valence-electron chi connectivity index (χ3n) is 3.06. The highest BCUT2D eigenvalue weighted by molar-refractivity contribution is 5.94. The Labute approximate surface area is 122 Å². The summed E-state index contributed by atoms with van der Waals surface area (Å²) >= 11 is 0. The normalized spacial score (nSPS) is 10.6. The molecule has 0 saturated carbocycles. The Bertz CT molecular complexity index is 699. The third-order valence-corrected chi connectivity index (χ3v) is 3.06. The van der Waals surface area contributed by atoms with Crippen molar-refractivity contribution in [2.24, 2.45) is 0 Å². The van der Waals surface area contributed by atoms with Gasteiger partial charge in [0.2, 0.25) is 5.82 Å². The fourth-order valence-electron chi connectivity index (χ4n) is 1.82. The summed E-state index contributed by atoms with van der Waals surface area (Å²) in [5.74, 6) is -10.1. The van der Waals surface area contributed by atoms with Crippen molar-refractivity contribution >= 4 is 11.5 Å². The molecule has 0 aliphatic heterocycles. The number of rotatable bonds is 4. The number of carbonyl (C=O) groups excluding carboxylic acids is 1. The van der Waals surface area contributed by atoms with E-state index >= 15 is 0 Å². The van der Waals surface area contributed by atoms with Crippen molar-refractivity contribution in [2.75, 3.05) is 5.32 Å². The fourth-order valence-corrected chi connectivity index (χ4v) is 1.82. The van der Waals surface area contributed by atoms with E-state index in [1.54, 1.807) is 0 Å². The molecule has 0 radical (unpaired) electrons. The minimum Gasteiger partial charge on any atom is -0.381 e. The largest absolute Gasteiger partial charge is 0.381 e. The van der Waals surface area contributed by atoms with Crippen molar-refractivity contribution in [1.82, 2.24) is 0 Å². The van der Waals surface area contributed by atoms with Crippen molar-refractivity contribution < 1.29 is 26.7 Å². The fraction of sp³-hybridized carbons (Fsp3) is 0.133. The van der Waals surface area contributed by atoms with Crippen LogP contribution in [0.15, 0.2) is 24.3 Å². The van der Waals surface area contributed by atoms with E-state index in [0.717, 1.165) is 0 Å². The first-order chi connectivity index (χ1) is 10.3. The SMILES string of the molecule is CC(=O)c1ccc(NCc2c(F)c(F)c(F)c(F)c2F)cc1. The number of nitrogens with one attached hydrogen (secondary N) is 1. The maximum absolute atomic E-state index is 13.5. The van der Waals surface area contributed by atoms with Gasteiger partial charge in [0.1, 0.15) is 0 Å². The Hall–Kier alpha value is -2.44. The molecule has 1 N–H and O–H groups in total. The van der Waals surface area contributed by atoms with Crippen molar-refractivity contribution in [3.05, 3.63) is 64.5 Å². The van der Waals surface area contributed by atoms with E-state index in [2.05, 4.69) is 5.32 Å². The van der Waals surface area contributed by atoms with E-state index in [0.29, 0.717) is 11.3 Å². The number of hydrogen-bond donors (Lipinski definition) is 1. The zero-order chi connectivity index (χ0) is 16.4. The summed E-state index contributed by atoms with van der Waals surface area (Å²) in [5.41, 5.74) is -0.150. The predicted molar refractivity (Wildman–Crippen MR) is 70.0 cm³/mol. The van der Waals surface area contributed by atoms with E-state index in [4.69, 9.17) is 0 Å². The van der Waals surface area contributed by atoms with Gasteiger partial charge < -0.3 is 5.32 Å². The molecule has 0 fully saturated rings. The second-order valence-electron chi connectivity index (χ2n) is 4.54. The predicted octanol–water partition coefficient (Wildman–Crippen LogP) is 4.20. The lowest BCUT2D eigenvalue weighted by Crippen LogP contribution is -2.11. The van der Waals surface area contributed by atoms with Gasteiger partial charge in [-0.1, -0.05) is 0 Å². The Balaban J connectivity index is 2.23. The minimum absolute atomic E-state index is 0.161. The molecular weight excluding hydrogens is 305 g/mol.